The van der Waals surface area contributed by atoms with Gasteiger partial charge in [-0.3, -0.25) is 4.79 Å². The van der Waals surface area contributed by atoms with Gasteiger partial charge in [-0.15, -0.1) is 0 Å². The Morgan fingerprint density at radius 1 is 0.458 bits per heavy atom. The van der Waals surface area contributed by atoms with Crippen molar-refractivity contribution in [2.45, 2.75) is 258 Å². The lowest BCUT2D eigenvalue weighted by atomic mass is 9.92. The SMILES string of the molecule is C=C(CCCCCCCCCC)CCCCCCCC(CCO)CCCCCC(=O)OC(CCCCCCCC)CCCCCCCC. The van der Waals surface area contributed by atoms with Gasteiger partial charge >= 0.3 is 5.97 Å². The van der Waals surface area contributed by atoms with E-state index in [4.69, 9.17) is 4.74 Å². The molecule has 3 heteroatoms. The summed E-state index contributed by atoms with van der Waals surface area (Å²) in [5.41, 5.74) is 1.47. The smallest absolute Gasteiger partial charge is 0.306 e. The molecule has 0 heterocycles. The molecule has 48 heavy (non-hydrogen) atoms. The van der Waals surface area contributed by atoms with E-state index in [-0.39, 0.29) is 12.1 Å². The van der Waals surface area contributed by atoms with Crippen LogP contribution in [0.15, 0.2) is 12.2 Å². The first kappa shape index (κ1) is 47.2. The number of rotatable bonds is 40. The van der Waals surface area contributed by atoms with Crippen LogP contribution in [0.25, 0.3) is 0 Å². The number of unbranched alkanes of at least 4 members (excludes halogenated alkanes) is 23. The first-order valence-electron chi connectivity index (χ1n) is 22.0. The Balaban J connectivity index is 4.01. The summed E-state index contributed by atoms with van der Waals surface area (Å²) in [5, 5.41) is 9.62. The van der Waals surface area contributed by atoms with E-state index in [9.17, 15) is 9.90 Å². The van der Waals surface area contributed by atoms with Crippen LogP contribution in [0.4, 0.5) is 0 Å². The fraction of sp³-hybridized carbons (Fsp3) is 0.933. The van der Waals surface area contributed by atoms with Gasteiger partial charge in [0.2, 0.25) is 0 Å². The van der Waals surface area contributed by atoms with Crippen LogP contribution >= 0.6 is 0 Å². The summed E-state index contributed by atoms with van der Waals surface area (Å²) >= 11 is 0. The van der Waals surface area contributed by atoms with Crippen molar-refractivity contribution in [3.63, 3.8) is 0 Å². The Hall–Kier alpha value is -0.830. The summed E-state index contributed by atoms with van der Waals surface area (Å²) in [7, 11) is 0. The number of ether oxygens (including phenoxy) is 1. The van der Waals surface area contributed by atoms with Gasteiger partial charge in [0.05, 0.1) is 0 Å². The molecule has 0 aliphatic rings. The molecular weight excluding hydrogens is 588 g/mol. The van der Waals surface area contributed by atoms with Crippen LogP contribution in [0.1, 0.15) is 252 Å². The zero-order chi connectivity index (χ0) is 35.2. The lowest BCUT2D eigenvalue weighted by molar-refractivity contribution is -0.150. The number of aliphatic hydroxyl groups is 1. The monoisotopic (exact) mass is 677 g/mol. The molecule has 0 aromatic carbocycles. The Morgan fingerprint density at radius 3 is 1.21 bits per heavy atom. The molecule has 286 valence electrons. The van der Waals surface area contributed by atoms with Crippen molar-refractivity contribution in [1.29, 1.82) is 0 Å². The number of allylic oxidation sites excluding steroid dienone is 1. The molecule has 0 aromatic heterocycles. The first-order chi connectivity index (χ1) is 23.6. The predicted octanol–water partition coefficient (Wildman–Crippen LogP) is 15.2. The number of hydrogen-bond acceptors (Lipinski definition) is 3. The molecule has 0 bridgehead atoms. The lowest BCUT2D eigenvalue weighted by Crippen LogP contribution is -2.18. The van der Waals surface area contributed by atoms with Crippen molar-refractivity contribution < 1.29 is 14.6 Å². The van der Waals surface area contributed by atoms with Gasteiger partial charge in [-0.05, 0) is 70.1 Å². The van der Waals surface area contributed by atoms with Crippen LogP contribution in [-0.4, -0.2) is 23.8 Å². The number of aliphatic hydroxyl groups excluding tert-OH is 1. The second-order valence-corrected chi connectivity index (χ2v) is 15.5. The maximum absolute atomic E-state index is 12.7. The third-order valence-electron chi connectivity index (χ3n) is 10.6. The summed E-state index contributed by atoms with van der Waals surface area (Å²) in [5.74, 6) is 0.660. The highest BCUT2D eigenvalue weighted by atomic mass is 16.5. The van der Waals surface area contributed by atoms with E-state index >= 15 is 0 Å². The Kier molecular flexibility index (Phi) is 38.3. The molecule has 0 saturated heterocycles. The molecule has 0 aliphatic carbocycles. The average Bonchev–Trinajstić information content (AvgIpc) is 3.08. The largest absolute Gasteiger partial charge is 0.462 e. The lowest BCUT2D eigenvalue weighted by Gasteiger charge is -2.18. The minimum atomic E-state index is 0.0283. The van der Waals surface area contributed by atoms with E-state index in [1.807, 2.05) is 0 Å². The highest BCUT2D eigenvalue weighted by molar-refractivity contribution is 5.69. The molecule has 0 amide bonds. The molecule has 0 rings (SSSR count). The van der Waals surface area contributed by atoms with Gasteiger partial charge in [0.15, 0.2) is 0 Å². The quantitative estimate of drug-likeness (QED) is 0.0399. The van der Waals surface area contributed by atoms with Gasteiger partial charge < -0.3 is 9.84 Å². The first-order valence-corrected chi connectivity index (χ1v) is 22.0. The van der Waals surface area contributed by atoms with Gasteiger partial charge in [-0.1, -0.05) is 193 Å². The van der Waals surface area contributed by atoms with Gasteiger partial charge in [-0.25, -0.2) is 0 Å². The normalized spacial score (nSPS) is 12.2. The van der Waals surface area contributed by atoms with Crippen molar-refractivity contribution >= 4 is 5.97 Å². The van der Waals surface area contributed by atoms with Crippen molar-refractivity contribution in [3.8, 4) is 0 Å². The summed E-state index contributed by atoms with van der Waals surface area (Å²) in [6.07, 6.45) is 45.0. The van der Waals surface area contributed by atoms with Crippen LogP contribution in [0.3, 0.4) is 0 Å². The standard InChI is InChI=1S/C45H88O3/c1-5-8-11-14-17-18-20-26-33-42(4)34-27-21-19-22-28-35-43(40-41-46)36-29-25-32-39-45(47)48-44(37-30-23-15-12-9-6-2)38-31-24-16-13-10-7-3/h43-44,46H,4-41H2,1-3H3. The highest BCUT2D eigenvalue weighted by Crippen LogP contribution is 2.23. The molecule has 0 fully saturated rings. The van der Waals surface area contributed by atoms with Crippen molar-refractivity contribution in [2.75, 3.05) is 6.61 Å². The molecule has 0 aromatic rings. The molecular formula is C45H88O3. The summed E-state index contributed by atoms with van der Waals surface area (Å²) in [4.78, 5) is 12.7. The van der Waals surface area contributed by atoms with Gasteiger partial charge in [0, 0.05) is 13.0 Å². The Morgan fingerprint density at radius 2 is 0.792 bits per heavy atom. The van der Waals surface area contributed by atoms with Crippen LogP contribution in [0.2, 0.25) is 0 Å². The van der Waals surface area contributed by atoms with Gasteiger partial charge in [-0.2, -0.15) is 0 Å². The molecule has 3 nitrogen and oxygen atoms in total. The number of carbonyl (C=O) groups is 1. The molecule has 0 spiro atoms. The predicted molar refractivity (Wildman–Crippen MR) is 213 cm³/mol. The van der Waals surface area contributed by atoms with E-state index in [0.717, 1.165) is 38.5 Å². The minimum absolute atomic E-state index is 0.0283. The van der Waals surface area contributed by atoms with Crippen LogP contribution in [0.5, 0.6) is 0 Å². The number of carbonyl (C=O) groups excluding carboxylic acids is 1. The van der Waals surface area contributed by atoms with Crippen molar-refractivity contribution in [2.24, 2.45) is 5.92 Å². The molecule has 0 saturated carbocycles. The van der Waals surface area contributed by atoms with Crippen molar-refractivity contribution in [1.82, 2.24) is 0 Å². The second kappa shape index (κ2) is 39.0. The average molecular weight is 677 g/mol. The number of esters is 1. The summed E-state index contributed by atoms with van der Waals surface area (Å²) < 4.78 is 6.04. The Labute approximate surface area is 302 Å². The van der Waals surface area contributed by atoms with E-state index in [2.05, 4.69) is 27.4 Å². The highest BCUT2D eigenvalue weighted by Gasteiger charge is 2.15. The Bertz CT molecular complexity index is 643. The van der Waals surface area contributed by atoms with E-state index in [1.54, 1.807) is 0 Å². The van der Waals surface area contributed by atoms with Crippen LogP contribution in [0, 0.1) is 5.92 Å². The molecule has 1 atom stereocenters. The van der Waals surface area contributed by atoms with E-state index in [1.165, 1.54) is 192 Å². The third kappa shape index (κ3) is 35.0. The number of hydrogen-bond donors (Lipinski definition) is 1. The van der Waals surface area contributed by atoms with Gasteiger partial charge in [0.25, 0.3) is 0 Å². The molecule has 1 unspecified atom stereocenters. The second-order valence-electron chi connectivity index (χ2n) is 15.5. The van der Waals surface area contributed by atoms with E-state index in [0.29, 0.717) is 18.9 Å². The van der Waals surface area contributed by atoms with Crippen LogP contribution in [-0.2, 0) is 9.53 Å². The maximum Gasteiger partial charge on any atom is 0.306 e. The molecule has 0 radical (unpaired) electrons. The summed E-state index contributed by atoms with van der Waals surface area (Å²) in [6, 6.07) is 0. The fourth-order valence-corrected chi connectivity index (χ4v) is 7.28. The van der Waals surface area contributed by atoms with Crippen molar-refractivity contribution in [3.05, 3.63) is 12.2 Å². The topological polar surface area (TPSA) is 46.5 Å². The molecule has 1 N–H and O–H groups in total. The van der Waals surface area contributed by atoms with Gasteiger partial charge in [0.1, 0.15) is 6.10 Å². The van der Waals surface area contributed by atoms with E-state index < -0.39 is 0 Å². The maximum atomic E-state index is 12.7. The summed E-state index contributed by atoms with van der Waals surface area (Å²) in [6.45, 7) is 11.5. The zero-order valence-electron chi connectivity index (χ0n) is 33.3. The van der Waals surface area contributed by atoms with Crippen LogP contribution < -0.4 is 0 Å². The minimum Gasteiger partial charge on any atom is -0.462 e. The third-order valence-corrected chi connectivity index (χ3v) is 10.6. The molecule has 0 aliphatic heterocycles. The zero-order valence-corrected chi connectivity index (χ0v) is 33.3. The fourth-order valence-electron chi connectivity index (χ4n) is 7.28.